The molecule has 0 radical (unpaired) electrons. The second-order valence-corrected chi connectivity index (χ2v) is 6.57. The Balaban J connectivity index is 2.77. The zero-order valence-corrected chi connectivity index (χ0v) is 13.6. The molecule has 4 nitrogen and oxygen atoms in total. The van der Waals surface area contributed by atoms with Crippen molar-refractivity contribution in [3.05, 3.63) is 22.6 Å². The molecule has 20 heavy (non-hydrogen) atoms. The molecule has 0 fully saturated rings. The summed E-state index contributed by atoms with van der Waals surface area (Å²) in [4.78, 5) is 12.3. The Hall–Kier alpha value is -1.29. The molecular weight excluding hydrogens is 254 g/mol. The van der Waals surface area contributed by atoms with Gasteiger partial charge in [0.25, 0.3) is 5.91 Å². The van der Waals surface area contributed by atoms with Crippen LogP contribution in [0, 0.1) is 32.1 Å². The van der Waals surface area contributed by atoms with Crippen molar-refractivity contribution in [2.24, 2.45) is 11.3 Å². The third kappa shape index (κ3) is 3.42. The van der Waals surface area contributed by atoms with E-state index in [-0.39, 0.29) is 17.2 Å². The van der Waals surface area contributed by atoms with E-state index in [4.69, 9.17) is 4.42 Å². The van der Waals surface area contributed by atoms with Crippen LogP contribution in [0.1, 0.15) is 55.1 Å². The Morgan fingerprint density at radius 1 is 1.25 bits per heavy atom. The molecule has 4 heteroatoms. The van der Waals surface area contributed by atoms with Gasteiger partial charge in [0, 0.05) is 17.5 Å². The number of carbonyl (C=O) groups excluding carboxylic acids is 1. The monoisotopic (exact) mass is 281 g/mol. The van der Waals surface area contributed by atoms with Gasteiger partial charge in [-0.05, 0) is 26.7 Å². The molecule has 0 aliphatic heterocycles. The minimum Gasteiger partial charge on any atom is -0.466 e. The highest BCUT2D eigenvalue weighted by molar-refractivity contribution is 5.96. The zero-order chi connectivity index (χ0) is 15.7. The number of amides is 1. The molecule has 1 aromatic heterocycles. The van der Waals surface area contributed by atoms with Crippen molar-refractivity contribution >= 4 is 5.91 Å². The average molecular weight is 281 g/mol. The van der Waals surface area contributed by atoms with E-state index in [1.807, 2.05) is 41.5 Å². The van der Waals surface area contributed by atoms with E-state index in [9.17, 15) is 9.90 Å². The quantitative estimate of drug-likeness (QED) is 0.872. The van der Waals surface area contributed by atoms with Gasteiger partial charge in [-0.2, -0.15) is 0 Å². The molecule has 1 aromatic rings. The molecule has 0 aromatic carbocycles. The van der Waals surface area contributed by atoms with Crippen LogP contribution in [-0.4, -0.2) is 23.7 Å². The summed E-state index contributed by atoms with van der Waals surface area (Å²) in [6, 6.07) is 0. The second-order valence-electron chi connectivity index (χ2n) is 6.57. The van der Waals surface area contributed by atoms with Crippen molar-refractivity contribution in [1.29, 1.82) is 0 Å². The van der Waals surface area contributed by atoms with Crippen LogP contribution in [0.15, 0.2) is 4.42 Å². The van der Waals surface area contributed by atoms with Gasteiger partial charge < -0.3 is 14.8 Å². The first kappa shape index (κ1) is 16.8. The zero-order valence-electron chi connectivity index (χ0n) is 13.6. The number of rotatable bonds is 5. The number of aliphatic hydroxyl groups is 1. The summed E-state index contributed by atoms with van der Waals surface area (Å²) in [5.74, 6) is 1.43. The van der Waals surface area contributed by atoms with Crippen molar-refractivity contribution in [3.8, 4) is 0 Å². The van der Waals surface area contributed by atoms with E-state index in [1.54, 1.807) is 6.92 Å². The Kier molecular flexibility index (Phi) is 5.03. The summed E-state index contributed by atoms with van der Waals surface area (Å²) in [6.07, 6.45) is -0.462. The number of aryl methyl sites for hydroxylation is 2. The maximum absolute atomic E-state index is 12.3. The van der Waals surface area contributed by atoms with Gasteiger partial charge in [0.1, 0.15) is 11.5 Å². The molecule has 2 N–H and O–H groups in total. The van der Waals surface area contributed by atoms with E-state index in [1.165, 1.54) is 0 Å². The van der Waals surface area contributed by atoms with Crippen molar-refractivity contribution in [3.63, 3.8) is 0 Å². The van der Waals surface area contributed by atoms with Crippen LogP contribution >= 0.6 is 0 Å². The fourth-order valence-corrected chi connectivity index (χ4v) is 2.53. The van der Waals surface area contributed by atoms with Crippen LogP contribution in [-0.2, 0) is 0 Å². The van der Waals surface area contributed by atoms with E-state index < -0.39 is 6.10 Å². The lowest BCUT2D eigenvalue weighted by Crippen LogP contribution is -2.43. The van der Waals surface area contributed by atoms with Crippen LogP contribution in [0.2, 0.25) is 0 Å². The van der Waals surface area contributed by atoms with E-state index in [0.29, 0.717) is 17.9 Å². The van der Waals surface area contributed by atoms with Crippen molar-refractivity contribution in [1.82, 2.24) is 5.32 Å². The Bertz CT molecular complexity index is 486. The lowest BCUT2D eigenvalue weighted by Gasteiger charge is -2.33. The number of hydrogen-bond acceptors (Lipinski definition) is 3. The second kappa shape index (κ2) is 6.00. The summed E-state index contributed by atoms with van der Waals surface area (Å²) in [5, 5.41) is 13.1. The first-order valence-corrected chi connectivity index (χ1v) is 7.10. The minimum atomic E-state index is -0.462. The van der Waals surface area contributed by atoms with E-state index >= 15 is 0 Å². The summed E-state index contributed by atoms with van der Waals surface area (Å²) in [5.41, 5.74) is 1.12. The predicted molar refractivity (Wildman–Crippen MR) is 79.9 cm³/mol. The lowest BCUT2D eigenvalue weighted by molar-refractivity contribution is 0.0138. The van der Waals surface area contributed by atoms with E-state index in [0.717, 1.165) is 11.3 Å². The van der Waals surface area contributed by atoms with Gasteiger partial charge in [-0.3, -0.25) is 4.79 Å². The smallest absolute Gasteiger partial charge is 0.255 e. The molecule has 0 spiro atoms. The number of carbonyl (C=O) groups is 1. The summed E-state index contributed by atoms with van der Waals surface area (Å²) in [7, 11) is 0. The molecule has 1 amide bonds. The van der Waals surface area contributed by atoms with Crippen LogP contribution in [0.3, 0.4) is 0 Å². The van der Waals surface area contributed by atoms with Gasteiger partial charge in [-0.25, -0.2) is 0 Å². The maximum Gasteiger partial charge on any atom is 0.255 e. The molecule has 0 bridgehead atoms. The maximum atomic E-state index is 12.3. The first-order chi connectivity index (χ1) is 9.08. The number of furan rings is 1. The topological polar surface area (TPSA) is 62.5 Å². The molecule has 0 aliphatic rings. The van der Waals surface area contributed by atoms with E-state index in [2.05, 4.69) is 5.32 Å². The number of nitrogens with one attached hydrogen (secondary N) is 1. The minimum absolute atomic E-state index is 0.138. The van der Waals surface area contributed by atoms with Gasteiger partial charge in [-0.15, -0.1) is 0 Å². The largest absolute Gasteiger partial charge is 0.466 e. The van der Waals surface area contributed by atoms with Crippen molar-refractivity contribution < 1.29 is 14.3 Å². The molecule has 0 saturated heterocycles. The lowest BCUT2D eigenvalue weighted by atomic mass is 9.80. The summed E-state index contributed by atoms with van der Waals surface area (Å²) < 4.78 is 5.47. The first-order valence-electron chi connectivity index (χ1n) is 7.10. The molecule has 1 rings (SSSR count). The van der Waals surface area contributed by atoms with Crippen molar-refractivity contribution in [2.45, 2.75) is 54.6 Å². The Morgan fingerprint density at radius 3 is 2.20 bits per heavy atom. The molecular formula is C16H27NO3. The fourth-order valence-electron chi connectivity index (χ4n) is 2.53. The molecule has 1 unspecified atom stereocenters. The van der Waals surface area contributed by atoms with Gasteiger partial charge in [0.05, 0.1) is 11.7 Å². The van der Waals surface area contributed by atoms with Crippen LogP contribution in [0.5, 0.6) is 0 Å². The van der Waals surface area contributed by atoms with Gasteiger partial charge in [0.2, 0.25) is 0 Å². The highest BCUT2D eigenvalue weighted by Gasteiger charge is 2.31. The number of aliphatic hydroxyl groups excluding tert-OH is 1. The molecule has 1 heterocycles. The Morgan fingerprint density at radius 2 is 1.80 bits per heavy atom. The summed E-state index contributed by atoms with van der Waals surface area (Å²) >= 11 is 0. The molecule has 114 valence electrons. The van der Waals surface area contributed by atoms with Crippen molar-refractivity contribution in [2.75, 3.05) is 6.54 Å². The summed E-state index contributed by atoms with van der Waals surface area (Å²) in [6.45, 7) is 13.8. The standard InChI is InChI=1S/C16H27NO3/c1-9(2)14(18)16(6,7)8-17-15(19)13-10(3)11(4)20-12(13)5/h9,14,18H,8H2,1-7H3,(H,17,19). The third-order valence-electron chi connectivity index (χ3n) is 3.93. The predicted octanol–water partition coefficient (Wildman–Crippen LogP) is 2.98. The van der Waals surface area contributed by atoms with Crippen LogP contribution in [0.25, 0.3) is 0 Å². The normalized spacial score (nSPS) is 13.7. The van der Waals surface area contributed by atoms with Gasteiger partial charge in [-0.1, -0.05) is 27.7 Å². The molecule has 1 atom stereocenters. The third-order valence-corrected chi connectivity index (χ3v) is 3.93. The van der Waals surface area contributed by atoms with Gasteiger partial charge >= 0.3 is 0 Å². The Labute approximate surface area is 121 Å². The average Bonchev–Trinajstić information content (AvgIpc) is 2.59. The SMILES string of the molecule is Cc1oc(C)c(C(=O)NCC(C)(C)C(O)C(C)C)c1C. The highest BCUT2D eigenvalue weighted by Crippen LogP contribution is 2.26. The van der Waals surface area contributed by atoms with Crippen LogP contribution in [0.4, 0.5) is 0 Å². The fraction of sp³-hybridized carbons (Fsp3) is 0.688. The highest BCUT2D eigenvalue weighted by atomic mass is 16.3. The molecule has 0 saturated carbocycles. The molecule has 0 aliphatic carbocycles. The van der Waals surface area contributed by atoms with Crippen LogP contribution < -0.4 is 5.32 Å². The van der Waals surface area contributed by atoms with Gasteiger partial charge in [0.15, 0.2) is 0 Å². The number of hydrogen-bond donors (Lipinski definition) is 2.